The second-order valence-electron chi connectivity index (χ2n) is 6.55. The van der Waals surface area contributed by atoms with Crippen molar-refractivity contribution >= 4 is 40.4 Å². The molecule has 0 aliphatic heterocycles. The van der Waals surface area contributed by atoms with Gasteiger partial charge in [-0.1, -0.05) is 6.07 Å². The number of nitrogens with zero attached hydrogens (tertiary/aromatic N) is 3. The van der Waals surface area contributed by atoms with Crippen LogP contribution in [0.25, 0.3) is 5.65 Å². The molecule has 1 saturated carbocycles. The van der Waals surface area contributed by atoms with Crippen LogP contribution in [0.15, 0.2) is 30.5 Å². The topological polar surface area (TPSA) is 119 Å². The molecular formula is C18H21N7O2. The van der Waals surface area contributed by atoms with Crippen LogP contribution in [-0.2, 0) is 4.74 Å². The fourth-order valence-corrected chi connectivity index (χ4v) is 2.74. The van der Waals surface area contributed by atoms with Crippen LogP contribution in [0.2, 0.25) is 0 Å². The first-order valence-corrected chi connectivity index (χ1v) is 8.67. The average molecular weight is 367 g/mol. The van der Waals surface area contributed by atoms with Crippen LogP contribution in [0, 0.1) is 6.92 Å². The van der Waals surface area contributed by atoms with E-state index >= 15 is 0 Å². The molecule has 0 spiro atoms. The van der Waals surface area contributed by atoms with Crippen molar-refractivity contribution in [3.05, 3.63) is 36.0 Å². The number of fused-ring (bicyclic) bond motifs is 1. The average Bonchev–Trinajstić information content (AvgIpc) is 3.39. The molecule has 140 valence electrons. The molecule has 2 aromatic heterocycles. The third kappa shape index (κ3) is 3.57. The van der Waals surface area contributed by atoms with Gasteiger partial charge in [-0.3, -0.25) is 5.32 Å². The largest absolute Gasteiger partial charge is 0.453 e. The van der Waals surface area contributed by atoms with Gasteiger partial charge in [-0.2, -0.15) is 4.52 Å². The summed E-state index contributed by atoms with van der Waals surface area (Å²) >= 11 is 0. The number of hydrogen-bond donors (Lipinski definition) is 4. The standard InChI is InChI=1S/C18H21N7O2/c1-10-3-4-12(7-13(10)23-18(26)27-2)22-16-8-14(21-11-5-6-11)17-20-9-15(19)25(17)24-16/h3-4,7-9,11,21H,5-6,19H2,1-2H3,(H,22,24)(H,23,26). The zero-order valence-electron chi connectivity index (χ0n) is 15.1. The van der Waals surface area contributed by atoms with Gasteiger partial charge in [-0.25, -0.2) is 9.78 Å². The van der Waals surface area contributed by atoms with Gasteiger partial charge in [0.1, 0.15) is 5.82 Å². The molecule has 0 atom stereocenters. The van der Waals surface area contributed by atoms with Crippen molar-refractivity contribution in [2.45, 2.75) is 25.8 Å². The molecule has 1 aliphatic rings. The van der Waals surface area contributed by atoms with Crippen molar-refractivity contribution in [1.29, 1.82) is 0 Å². The highest BCUT2D eigenvalue weighted by molar-refractivity contribution is 5.86. The summed E-state index contributed by atoms with van der Waals surface area (Å²) in [5, 5.41) is 13.9. The number of methoxy groups -OCH3 is 1. The van der Waals surface area contributed by atoms with Gasteiger partial charge in [0.25, 0.3) is 0 Å². The Labute approximate surface area is 155 Å². The number of imidazole rings is 1. The fourth-order valence-electron chi connectivity index (χ4n) is 2.74. The summed E-state index contributed by atoms with van der Waals surface area (Å²) in [7, 11) is 1.33. The fraction of sp³-hybridized carbons (Fsp3) is 0.278. The van der Waals surface area contributed by atoms with Crippen molar-refractivity contribution in [3.63, 3.8) is 0 Å². The van der Waals surface area contributed by atoms with E-state index in [9.17, 15) is 4.79 Å². The molecular weight excluding hydrogens is 346 g/mol. The second-order valence-corrected chi connectivity index (χ2v) is 6.55. The molecule has 1 aromatic carbocycles. The highest BCUT2D eigenvalue weighted by Gasteiger charge is 2.23. The molecule has 5 N–H and O–H groups in total. The third-order valence-corrected chi connectivity index (χ3v) is 4.36. The quantitative estimate of drug-likeness (QED) is 0.547. The van der Waals surface area contributed by atoms with E-state index in [1.807, 2.05) is 31.2 Å². The minimum Gasteiger partial charge on any atom is -0.453 e. The number of anilines is 5. The normalized spacial score (nSPS) is 13.4. The SMILES string of the molecule is COC(=O)Nc1cc(Nc2cc(NC3CC3)c3ncc(N)n3n2)ccc1C. The Morgan fingerprint density at radius 2 is 2.11 bits per heavy atom. The number of carbonyl (C=O) groups excluding carboxylic acids is 1. The van der Waals surface area contributed by atoms with Crippen molar-refractivity contribution < 1.29 is 9.53 Å². The Morgan fingerprint density at radius 3 is 2.85 bits per heavy atom. The van der Waals surface area contributed by atoms with Crippen molar-refractivity contribution in [2.75, 3.05) is 28.8 Å². The van der Waals surface area contributed by atoms with Crippen LogP contribution in [0.3, 0.4) is 0 Å². The molecule has 0 radical (unpaired) electrons. The molecule has 0 saturated heterocycles. The summed E-state index contributed by atoms with van der Waals surface area (Å²) in [5.74, 6) is 1.08. The summed E-state index contributed by atoms with van der Waals surface area (Å²) in [6, 6.07) is 8.02. The molecule has 27 heavy (non-hydrogen) atoms. The Hall–Kier alpha value is -3.49. The number of aryl methyl sites for hydroxylation is 1. The van der Waals surface area contributed by atoms with Gasteiger partial charge >= 0.3 is 6.09 Å². The van der Waals surface area contributed by atoms with Gasteiger partial charge in [0.05, 0.1) is 19.0 Å². The molecule has 1 fully saturated rings. The Balaban J connectivity index is 1.65. The number of aromatic nitrogens is 3. The number of carbonyl (C=O) groups is 1. The minimum atomic E-state index is -0.517. The number of nitrogens with two attached hydrogens (primary N) is 1. The van der Waals surface area contributed by atoms with Gasteiger partial charge in [-0.05, 0) is 37.5 Å². The first kappa shape index (κ1) is 17.0. The first-order valence-electron chi connectivity index (χ1n) is 8.67. The monoisotopic (exact) mass is 367 g/mol. The van der Waals surface area contributed by atoms with Crippen LogP contribution < -0.4 is 21.7 Å². The molecule has 4 rings (SSSR count). The molecule has 2 heterocycles. The lowest BCUT2D eigenvalue weighted by atomic mass is 10.2. The maximum absolute atomic E-state index is 11.5. The highest BCUT2D eigenvalue weighted by atomic mass is 16.5. The van der Waals surface area contributed by atoms with Gasteiger partial charge in [-0.15, -0.1) is 5.10 Å². The number of ether oxygens (including phenoxy) is 1. The first-order chi connectivity index (χ1) is 13.0. The molecule has 1 aliphatic carbocycles. The lowest BCUT2D eigenvalue weighted by Gasteiger charge is -2.13. The van der Waals surface area contributed by atoms with Crippen molar-refractivity contribution in [1.82, 2.24) is 14.6 Å². The molecule has 9 heteroatoms. The second kappa shape index (κ2) is 6.67. The van der Waals surface area contributed by atoms with E-state index in [1.165, 1.54) is 7.11 Å². The summed E-state index contributed by atoms with van der Waals surface area (Å²) < 4.78 is 6.27. The summed E-state index contributed by atoms with van der Waals surface area (Å²) in [5.41, 5.74) is 9.92. The van der Waals surface area contributed by atoms with Gasteiger partial charge in [0.15, 0.2) is 11.5 Å². The van der Waals surface area contributed by atoms with Gasteiger partial charge < -0.3 is 21.1 Å². The predicted octanol–water partition coefficient (Wildman–Crippen LogP) is 3.12. The smallest absolute Gasteiger partial charge is 0.411 e. The summed E-state index contributed by atoms with van der Waals surface area (Å²) in [6.07, 6.45) is 3.37. The van der Waals surface area contributed by atoms with Crippen LogP contribution >= 0.6 is 0 Å². The van der Waals surface area contributed by atoms with Crippen LogP contribution in [0.4, 0.5) is 33.5 Å². The van der Waals surface area contributed by atoms with E-state index in [2.05, 4.69) is 30.8 Å². The van der Waals surface area contributed by atoms with E-state index in [0.29, 0.717) is 29.0 Å². The number of nitrogens with one attached hydrogen (secondary N) is 3. The lowest BCUT2D eigenvalue weighted by molar-refractivity contribution is 0.187. The predicted molar refractivity (Wildman–Crippen MR) is 105 cm³/mol. The molecule has 9 nitrogen and oxygen atoms in total. The third-order valence-electron chi connectivity index (χ3n) is 4.36. The number of rotatable bonds is 5. The number of nitrogen functional groups attached to an aromatic ring is 1. The van der Waals surface area contributed by atoms with E-state index in [1.54, 1.807) is 10.7 Å². The van der Waals surface area contributed by atoms with E-state index < -0.39 is 6.09 Å². The number of hydrogen-bond acceptors (Lipinski definition) is 7. The molecule has 0 bridgehead atoms. The van der Waals surface area contributed by atoms with E-state index in [4.69, 9.17) is 5.73 Å². The lowest BCUT2D eigenvalue weighted by Crippen LogP contribution is -2.12. The Kier molecular flexibility index (Phi) is 4.19. The molecule has 0 unspecified atom stereocenters. The van der Waals surface area contributed by atoms with Crippen molar-refractivity contribution in [2.24, 2.45) is 0 Å². The Morgan fingerprint density at radius 1 is 1.30 bits per heavy atom. The van der Waals surface area contributed by atoms with E-state index in [0.717, 1.165) is 29.8 Å². The van der Waals surface area contributed by atoms with Gasteiger partial charge in [0, 0.05) is 23.5 Å². The number of amides is 1. The zero-order chi connectivity index (χ0) is 19.0. The number of benzene rings is 1. The summed E-state index contributed by atoms with van der Waals surface area (Å²) in [6.45, 7) is 1.91. The van der Waals surface area contributed by atoms with Crippen LogP contribution in [-0.4, -0.2) is 33.8 Å². The van der Waals surface area contributed by atoms with Crippen LogP contribution in [0.1, 0.15) is 18.4 Å². The highest BCUT2D eigenvalue weighted by Crippen LogP contribution is 2.30. The summed E-state index contributed by atoms with van der Waals surface area (Å²) in [4.78, 5) is 15.9. The van der Waals surface area contributed by atoms with Crippen molar-refractivity contribution in [3.8, 4) is 0 Å². The van der Waals surface area contributed by atoms with Crippen LogP contribution in [0.5, 0.6) is 0 Å². The minimum absolute atomic E-state index is 0.462. The van der Waals surface area contributed by atoms with E-state index in [-0.39, 0.29) is 0 Å². The maximum atomic E-state index is 11.5. The molecule has 3 aromatic rings. The molecule has 1 amide bonds. The maximum Gasteiger partial charge on any atom is 0.411 e. The Bertz CT molecular complexity index is 1010. The van der Waals surface area contributed by atoms with Gasteiger partial charge in [0.2, 0.25) is 0 Å². The zero-order valence-corrected chi connectivity index (χ0v) is 15.1.